The molecule has 4 nitrogen and oxygen atoms in total. The number of nitrogens with zero attached hydrogens (tertiary/aromatic N) is 1. The molecule has 0 spiro atoms. The average Bonchev–Trinajstić information content (AvgIpc) is 2.59. The molecule has 0 saturated carbocycles. The molecular formula is C18H22FN3O. The van der Waals surface area contributed by atoms with Crippen LogP contribution in [0.15, 0.2) is 53.5 Å². The zero-order chi connectivity index (χ0) is 16.5. The van der Waals surface area contributed by atoms with E-state index in [1.165, 1.54) is 17.7 Å². The number of methoxy groups -OCH3 is 1. The molecule has 2 rings (SSSR count). The molecule has 0 amide bonds. The standard InChI is InChI=1S/C18H22FN3O/c1-20-18(22-13-15-6-8-16(19)9-7-15)21-11-10-14-4-3-5-17(12-14)23-2/h3-9,12H,10-11,13H2,1-2H3,(H2,20,21,22). The Morgan fingerprint density at radius 2 is 1.87 bits per heavy atom. The van der Waals surface area contributed by atoms with E-state index < -0.39 is 0 Å². The number of benzene rings is 2. The van der Waals surface area contributed by atoms with Gasteiger partial charge in [0.15, 0.2) is 5.96 Å². The van der Waals surface area contributed by atoms with Crippen molar-refractivity contribution in [2.24, 2.45) is 4.99 Å². The summed E-state index contributed by atoms with van der Waals surface area (Å²) in [4.78, 5) is 4.18. The molecule has 2 aromatic carbocycles. The number of ether oxygens (including phenoxy) is 1. The molecule has 5 heteroatoms. The van der Waals surface area contributed by atoms with Gasteiger partial charge in [-0.25, -0.2) is 4.39 Å². The van der Waals surface area contributed by atoms with Gasteiger partial charge in [0, 0.05) is 20.1 Å². The summed E-state index contributed by atoms with van der Waals surface area (Å²) in [5.74, 6) is 1.35. The molecule has 0 radical (unpaired) electrons. The number of halogens is 1. The molecule has 122 valence electrons. The Hall–Kier alpha value is -2.56. The molecule has 0 aliphatic heterocycles. The van der Waals surface area contributed by atoms with Gasteiger partial charge in [0.05, 0.1) is 7.11 Å². The van der Waals surface area contributed by atoms with Crippen LogP contribution in [0.5, 0.6) is 5.75 Å². The minimum Gasteiger partial charge on any atom is -0.497 e. The van der Waals surface area contributed by atoms with Crippen molar-refractivity contribution < 1.29 is 9.13 Å². The third kappa shape index (κ3) is 5.62. The molecular weight excluding hydrogens is 293 g/mol. The Kier molecular flexibility index (Phi) is 6.41. The van der Waals surface area contributed by atoms with Crippen molar-refractivity contribution in [3.63, 3.8) is 0 Å². The minimum absolute atomic E-state index is 0.227. The molecule has 0 bridgehead atoms. The van der Waals surface area contributed by atoms with E-state index in [-0.39, 0.29) is 5.82 Å². The van der Waals surface area contributed by atoms with Gasteiger partial charge in [-0.05, 0) is 41.8 Å². The van der Waals surface area contributed by atoms with Crippen molar-refractivity contribution >= 4 is 5.96 Å². The van der Waals surface area contributed by atoms with E-state index in [0.717, 1.165) is 30.2 Å². The Balaban J connectivity index is 1.77. The molecule has 2 aromatic rings. The van der Waals surface area contributed by atoms with Gasteiger partial charge < -0.3 is 15.4 Å². The highest BCUT2D eigenvalue weighted by Gasteiger charge is 2.00. The van der Waals surface area contributed by atoms with Gasteiger partial charge in [0.2, 0.25) is 0 Å². The van der Waals surface area contributed by atoms with E-state index in [1.807, 2.05) is 18.2 Å². The third-order valence-electron chi connectivity index (χ3n) is 3.44. The monoisotopic (exact) mass is 315 g/mol. The second kappa shape index (κ2) is 8.78. The summed E-state index contributed by atoms with van der Waals surface area (Å²) in [6.07, 6.45) is 0.869. The van der Waals surface area contributed by atoms with E-state index in [0.29, 0.717) is 6.54 Å². The van der Waals surface area contributed by atoms with Crippen molar-refractivity contribution in [3.05, 3.63) is 65.5 Å². The Labute approximate surface area is 136 Å². The van der Waals surface area contributed by atoms with Gasteiger partial charge in [0.25, 0.3) is 0 Å². The molecule has 0 fully saturated rings. The summed E-state index contributed by atoms with van der Waals surface area (Å²) < 4.78 is 18.1. The Morgan fingerprint density at radius 1 is 1.09 bits per heavy atom. The smallest absolute Gasteiger partial charge is 0.191 e. The molecule has 0 saturated heterocycles. The highest BCUT2D eigenvalue weighted by molar-refractivity contribution is 5.79. The first-order chi connectivity index (χ1) is 11.2. The summed E-state index contributed by atoms with van der Waals surface area (Å²) >= 11 is 0. The maximum Gasteiger partial charge on any atom is 0.191 e. The predicted molar refractivity (Wildman–Crippen MR) is 91.3 cm³/mol. The van der Waals surface area contributed by atoms with Crippen LogP contribution in [0, 0.1) is 5.82 Å². The lowest BCUT2D eigenvalue weighted by molar-refractivity contribution is 0.414. The van der Waals surface area contributed by atoms with Crippen molar-refractivity contribution in [1.82, 2.24) is 10.6 Å². The number of guanidine groups is 1. The van der Waals surface area contributed by atoms with Crippen LogP contribution in [0.1, 0.15) is 11.1 Å². The first kappa shape index (κ1) is 16.8. The molecule has 0 aromatic heterocycles. The van der Waals surface area contributed by atoms with Gasteiger partial charge >= 0.3 is 0 Å². The number of aliphatic imine (C=N–C) groups is 1. The quantitative estimate of drug-likeness (QED) is 0.636. The number of nitrogens with one attached hydrogen (secondary N) is 2. The van der Waals surface area contributed by atoms with Gasteiger partial charge in [-0.2, -0.15) is 0 Å². The Bertz CT molecular complexity index is 641. The lowest BCUT2D eigenvalue weighted by Gasteiger charge is -2.12. The van der Waals surface area contributed by atoms with Gasteiger partial charge in [-0.15, -0.1) is 0 Å². The second-order valence-electron chi connectivity index (χ2n) is 5.08. The molecule has 0 atom stereocenters. The Morgan fingerprint density at radius 3 is 2.57 bits per heavy atom. The van der Waals surface area contributed by atoms with Crippen molar-refractivity contribution in [3.8, 4) is 5.75 Å². The second-order valence-corrected chi connectivity index (χ2v) is 5.08. The summed E-state index contributed by atoms with van der Waals surface area (Å²) in [6, 6.07) is 14.4. The minimum atomic E-state index is -0.227. The van der Waals surface area contributed by atoms with Crippen molar-refractivity contribution in [2.75, 3.05) is 20.7 Å². The fourth-order valence-electron chi connectivity index (χ4n) is 2.16. The number of hydrogen-bond donors (Lipinski definition) is 2. The summed E-state index contributed by atoms with van der Waals surface area (Å²) in [7, 11) is 3.39. The van der Waals surface area contributed by atoms with E-state index in [2.05, 4.69) is 21.7 Å². The van der Waals surface area contributed by atoms with Gasteiger partial charge in [-0.3, -0.25) is 4.99 Å². The highest BCUT2D eigenvalue weighted by Crippen LogP contribution is 2.12. The molecule has 2 N–H and O–H groups in total. The van der Waals surface area contributed by atoms with Crippen LogP contribution in [-0.2, 0) is 13.0 Å². The van der Waals surface area contributed by atoms with E-state index in [4.69, 9.17) is 4.74 Å². The zero-order valence-corrected chi connectivity index (χ0v) is 13.5. The maximum atomic E-state index is 12.9. The first-order valence-corrected chi connectivity index (χ1v) is 7.53. The topological polar surface area (TPSA) is 45.7 Å². The fraction of sp³-hybridized carbons (Fsp3) is 0.278. The third-order valence-corrected chi connectivity index (χ3v) is 3.44. The van der Waals surface area contributed by atoms with E-state index >= 15 is 0 Å². The maximum absolute atomic E-state index is 12.9. The van der Waals surface area contributed by atoms with Crippen molar-refractivity contribution in [2.45, 2.75) is 13.0 Å². The van der Waals surface area contributed by atoms with Crippen LogP contribution in [0.3, 0.4) is 0 Å². The number of rotatable bonds is 6. The molecule has 0 heterocycles. The average molecular weight is 315 g/mol. The summed E-state index contributed by atoms with van der Waals surface area (Å²) in [5.41, 5.74) is 2.20. The van der Waals surface area contributed by atoms with Crippen LogP contribution >= 0.6 is 0 Å². The van der Waals surface area contributed by atoms with E-state index in [9.17, 15) is 4.39 Å². The van der Waals surface area contributed by atoms with Crippen LogP contribution in [-0.4, -0.2) is 26.7 Å². The molecule has 0 unspecified atom stereocenters. The summed E-state index contributed by atoms with van der Waals surface area (Å²) in [6.45, 7) is 1.36. The largest absolute Gasteiger partial charge is 0.497 e. The first-order valence-electron chi connectivity index (χ1n) is 7.53. The van der Waals surface area contributed by atoms with Crippen molar-refractivity contribution in [1.29, 1.82) is 0 Å². The molecule has 0 aliphatic carbocycles. The SMILES string of the molecule is CN=C(NCCc1cccc(OC)c1)NCc1ccc(F)cc1. The molecule has 23 heavy (non-hydrogen) atoms. The van der Waals surface area contributed by atoms with Gasteiger partial charge in [-0.1, -0.05) is 24.3 Å². The lowest BCUT2D eigenvalue weighted by Crippen LogP contribution is -2.37. The van der Waals surface area contributed by atoms with E-state index in [1.54, 1.807) is 26.3 Å². The van der Waals surface area contributed by atoms with Crippen LogP contribution < -0.4 is 15.4 Å². The van der Waals surface area contributed by atoms with Gasteiger partial charge in [0.1, 0.15) is 11.6 Å². The zero-order valence-electron chi connectivity index (χ0n) is 13.5. The summed E-state index contributed by atoms with van der Waals surface area (Å²) in [5, 5.41) is 6.47. The fourth-order valence-corrected chi connectivity index (χ4v) is 2.16. The molecule has 0 aliphatic rings. The lowest BCUT2D eigenvalue weighted by atomic mass is 10.1. The predicted octanol–water partition coefficient (Wildman–Crippen LogP) is 2.74. The van der Waals surface area contributed by atoms with Crippen LogP contribution in [0.4, 0.5) is 4.39 Å². The normalized spacial score (nSPS) is 11.2. The van der Waals surface area contributed by atoms with Crippen LogP contribution in [0.25, 0.3) is 0 Å². The highest BCUT2D eigenvalue weighted by atomic mass is 19.1. The number of hydrogen-bond acceptors (Lipinski definition) is 2. The van der Waals surface area contributed by atoms with Crippen LogP contribution in [0.2, 0.25) is 0 Å².